The third kappa shape index (κ3) is 2.39. The van der Waals surface area contributed by atoms with Gasteiger partial charge in [0.2, 0.25) is 5.95 Å². The summed E-state index contributed by atoms with van der Waals surface area (Å²) >= 11 is 0. The smallest absolute Gasteiger partial charge is 0.277 e. The Bertz CT molecular complexity index is 862. The fourth-order valence-electron chi connectivity index (χ4n) is 3.43. The lowest BCUT2D eigenvalue weighted by Gasteiger charge is -2.28. The summed E-state index contributed by atoms with van der Waals surface area (Å²) in [5, 5.41) is 3.30. The Labute approximate surface area is 134 Å². The molecular weight excluding hydrogens is 290 g/mol. The first kappa shape index (κ1) is 14.3. The van der Waals surface area contributed by atoms with E-state index in [0.29, 0.717) is 11.9 Å². The van der Waals surface area contributed by atoms with Crippen molar-refractivity contribution in [3.63, 3.8) is 0 Å². The normalized spacial score (nSPS) is 17.1. The standard InChI is InChI=1S/C17H21N5O/c1-11-15(12-7-9-21(2)10-8-12)20-22(16(11)23)17-18-13-5-3-4-6-14(13)19-17/h3-6,12,20H,7-10H2,1-2H3,(H,18,19). The molecule has 0 saturated carbocycles. The number of nitrogens with zero attached hydrogens (tertiary/aromatic N) is 3. The van der Waals surface area contributed by atoms with Gasteiger partial charge in [0, 0.05) is 17.2 Å². The van der Waals surface area contributed by atoms with E-state index < -0.39 is 0 Å². The topological polar surface area (TPSA) is 69.7 Å². The Hall–Kier alpha value is -2.34. The minimum atomic E-state index is -0.0158. The van der Waals surface area contributed by atoms with Crippen molar-refractivity contribution < 1.29 is 0 Å². The van der Waals surface area contributed by atoms with Crippen LogP contribution in [0, 0.1) is 6.92 Å². The third-order valence-corrected chi connectivity index (χ3v) is 4.88. The molecule has 120 valence electrons. The molecule has 1 aliphatic rings. The van der Waals surface area contributed by atoms with Crippen LogP contribution >= 0.6 is 0 Å². The molecule has 3 heterocycles. The minimum Gasteiger partial charge on any atom is -0.322 e. The Kier molecular flexibility index (Phi) is 3.34. The van der Waals surface area contributed by atoms with Crippen LogP contribution in [-0.4, -0.2) is 44.8 Å². The fraction of sp³-hybridized carbons (Fsp3) is 0.412. The summed E-state index contributed by atoms with van der Waals surface area (Å²) < 4.78 is 1.54. The van der Waals surface area contributed by atoms with Crippen LogP contribution in [0.1, 0.15) is 30.0 Å². The van der Waals surface area contributed by atoms with E-state index in [1.165, 1.54) is 0 Å². The first-order valence-electron chi connectivity index (χ1n) is 8.08. The van der Waals surface area contributed by atoms with Gasteiger partial charge in [0.15, 0.2) is 0 Å². The summed E-state index contributed by atoms with van der Waals surface area (Å²) in [5.74, 6) is 0.975. The maximum absolute atomic E-state index is 12.6. The number of aromatic nitrogens is 4. The predicted molar refractivity (Wildman–Crippen MR) is 90.3 cm³/mol. The summed E-state index contributed by atoms with van der Waals surface area (Å²) in [6.45, 7) is 4.05. The fourth-order valence-corrected chi connectivity index (χ4v) is 3.43. The number of hydrogen-bond acceptors (Lipinski definition) is 3. The zero-order valence-electron chi connectivity index (χ0n) is 13.5. The monoisotopic (exact) mass is 311 g/mol. The average Bonchev–Trinajstić information content (AvgIpc) is 3.11. The van der Waals surface area contributed by atoms with E-state index in [1.54, 1.807) is 4.68 Å². The molecule has 1 fully saturated rings. The van der Waals surface area contributed by atoms with Crippen molar-refractivity contribution >= 4 is 11.0 Å². The molecule has 0 spiro atoms. The summed E-state index contributed by atoms with van der Waals surface area (Å²) in [6.07, 6.45) is 2.16. The molecule has 6 nitrogen and oxygen atoms in total. The molecule has 1 aromatic carbocycles. The highest BCUT2D eigenvalue weighted by Crippen LogP contribution is 2.27. The molecule has 0 aliphatic carbocycles. The van der Waals surface area contributed by atoms with Crippen molar-refractivity contribution in [1.82, 2.24) is 24.6 Å². The van der Waals surface area contributed by atoms with Crippen molar-refractivity contribution in [2.75, 3.05) is 20.1 Å². The number of H-pyrrole nitrogens is 2. The SMILES string of the molecule is Cc1c(C2CCN(C)CC2)[nH]n(-c2nc3ccccc3[nH]2)c1=O. The highest BCUT2D eigenvalue weighted by molar-refractivity contribution is 5.75. The van der Waals surface area contributed by atoms with E-state index in [2.05, 4.69) is 27.0 Å². The van der Waals surface area contributed by atoms with Gasteiger partial charge >= 0.3 is 0 Å². The van der Waals surface area contributed by atoms with E-state index >= 15 is 0 Å². The van der Waals surface area contributed by atoms with E-state index in [1.807, 2.05) is 31.2 Å². The van der Waals surface area contributed by atoms with Gasteiger partial charge in [0.1, 0.15) is 0 Å². The van der Waals surface area contributed by atoms with E-state index in [4.69, 9.17) is 0 Å². The molecule has 0 atom stereocenters. The number of likely N-dealkylation sites (tertiary alicyclic amines) is 1. The quantitative estimate of drug-likeness (QED) is 0.762. The molecule has 1 aliphatic heterocycles. The van der Waals surface area contributed by atoms with Crippen LogP contribution in [-0.2, 0) is 0 Å². The number of fused-ring (bicyclic) bond motifs is 1. The Balaban J connectivity index is 1.75. The lowest BCUT2D eigenvalue weighted by Crippen LogP contribution is -2.29. The molecule has 3 aromatic rings. The van der Waals surface area contributed by atoms with Gasteiger partial charge in [-0.3, -0.25) is 9.89 Å². The minimum absolute atomic E-state index is 0.0158. The summed E-state index contributed by atoms with van der Waals surface area (Å²) in [5.41, 5.74) is 3.64. The first-order chi connectivity index (χ1) is 11.1. The second kappa shape index (κ2) is 5.38. The van der Waals surface area contributed by atoms with Gasteiger partial charge < -0.3 is 9.88 Å². The Morgan fingerprint density at radius 1 is 1.22 bits per heavy atom. The van der Waals surface area contributed by atoms with Crippen LogP contribution in [0.15, 0.2) is 29.1 Å². The van der Waals surface area contributed by atoms with Crippen LogP contribution in [0.2, 0.25) is 0 Å². The van der Waals surface area contributed by atoms with Gasteiger partial charge in [0.05, 0.1) is 11.0 Å². The summed E-state index contributed by atoms with van der Waals surface area (Å²) in [6, 6.07) is 7.80. The van der Waals surface area contributed by atoms with Gasteiger partial charge in [0.25, 0.3) is 5.56 Å². The summed E-state index contributed by atoms with van der Waals surface area (Å²) in [4.78, 5) is 22.7. The van der Waals surface area contributed by atoms with Gasteiger partial charge in [-0.05, 0) is 52.0 Å². The lowest BCUT2D eigenvalue weighted by molar-refractivity contribution is 0.253. The Morgan fingerprint density at radius 2 is 1.96 bits per heavy atom. The summed E-state index contributed by atoms with van der Waals surface area (Å²) in [7, 11) is 2.14. The number of imidazole rings is 1. The van der Waals surface area contributed by atoms with E-state index in [0.717, 1.165) is 48.2 Å². The highest BCUT2D eigenvalue weighted by atomic mass is 16.1. The number of piperidine rings is 1. The second-order valence-electron chi connectivity index (χ2n) is 6.45. The third-order valence-electron chi connectivity index (χ3n) is 4.88. The molecule has 1 saturated heterocycles. The number of nitrogens with one attached hydrogen (secondary N) is 2. The number of hydrogen-bond donors (Lipinski definition) is 2. The molecule has 0 amide bonds. The molecule has 2 N–H and O–H groups in total. The van der Waals surface area contributed by atoms with Crippen molar-refractivity contribution in [3.8, 4) is 5.95 Å². The van der Waals surface area contributed by atoms with E-state index in [9.17, 15) is 4.79 Å². The van der Waals surface area contributed by atoms with E-state index in [-0.39, 0.29) is 5.56 Å². The van der Waals surface area contributed by atoms with Crippen LogP contribution < -0.4 is 5.56 Å². The van der Waals surface area contributed by atoms with Gasteiger partial charge in [-0.2, -0.15) is 4.68 Å². The van der Waals surface area contributed by atoms with Crippen LogP contribution in [0.3, 0.4) is 0 Å². The van der Waals surface area contributed by atoms with Crippen LogP contribution in [0.5, 0.6) is 0 Å². The van der Waals surface area contributed by atoms with Crippen molar-refractivity contribution in [1.29, 1.82) is 0 Å². The van der Waals surface area contributed by atoms with Gasteiger partial charge in [-0.25, -0.2) is 4.98 Å². The zero-order chi connectivity index (χ0) is 16.0. The van der Waals surface area contributed by atoms with Gasteiger partial charge in [-0.1, -0.05) is 12.1 Å². The second-order valence-corrected chi connectivity index (χ2v) is 6.45. The van der Waals surface area contributed by atoms with Crippen LogP contribution in [0.4, 0.5) is 0 Å². The molecule has 4 rings (SSSR count). The molecule has 0 unspecified atom stereocenters. The number of rotatable bonds is 2. The average molecular weight is 311 g/mol. The molecule has 0 bridgehead atoms. The van der Waals surface area contributed by atoms with Crippen molar-refractivity contribution in [2.45, 2.75) is 25.7 Å². The number of aromatic amines is 2. The number of para-hydroxylation sites is 2. The molecule has 23 heavy (non-hydrogen) atoms. The van der Waals surface area contributed by atoms with Crippen LogP contribution in [0.25, 0.3) is 17.0 Å². The predicted octanol–water partition coefficient (Wildman–Crippen LogP) is 2.16. The molecule has 2 aromatic heterocycles. The van der Waals surface area contributed by atoms with Crippen molar-refractivity contribution in [2.24, 2.45) is 0 Å². The van der Waals surface area contributed by atoms with Crippen molar-refractivity contribution in [3.05, 3.63) is 45.9 Å². The zero-order valence-corrected chi connectivity index (χ0v) is 13.5. The first-order valence-corrected chi connectivity index (χ1v) is 8.08. The van der Waals surface area contributed by atoms with Gasteiger partial charge in [-0.15, -0.1) is 0 Å². The maximum Gasteiger partial charge on any atom is 0.277 e. The maximum atomic E-state index is 12.6. The molecular formula is C17H21N5O. The number of benzene rings is 1. The highest BCUT2D eigenvalue weighted by Gasteiger charge is 2.24. The Morgan fingerprint density at radius 3 is 2.70 bits per heavy atom. The molecule has 6 heteroatoms. The lowest BCUT2D eigenvalue weighted by atomic mass is 9.92. The molecule has 0 radical (unpaired) electrons. The largest absolute Gasteiger partial charge is 0.322 e.